The van der Waals surface area contributed by atoms with Crippen LogP contribution in [0.25, 0.3) is 0 Å². The maximum atomic E-state index is 11.6. The predicted octanol–water partition coefficient (Wildman–Crippen LogP) is 0.612. The summed E-state index contributed by atoms with van der Waals surface area (Å²) in [7, 11) is 0. The Hall–Kier alpha value is -2.00. The van der Waals surface area contributed by atoms with Crippen LogP contribution in [0.15, 0.2) is 11.4 Å². The van der Waals surface area contributed by atoms with Gasteiger partial charge in [0.05, 0.1) is 22.5 Å². The fourth-order valence-corrected chi connectivity index (χ4v) is 2.00. The number of aliphatic carboxylic acids is 1. The average molecular weight is 288 g/mol. The number of hydrogen-bond acceptors (Lipinski definition) is 6. The molecule has 0 aromatic carbocycles. The van der Waals surface area contributed by atoms with Gasteiger partial charge < -0.3 is 15.5 Å². The molecule has 1 aromatic rings. The Balaban J connectivity index is 2.60. The van der Waals surface area contributed by atoms with Crippen LogP contribution >= 0.6 is 11.3 Å². The first-order chi connectivity index (χ1) is 8.71. The first-order valence-electron chi connectivity index (χ1n) is 5.16. The van der Waals surface area contributed by atoms with Crippen molar-refractivity contribution < 1.29 is 24.7 Å². The number of hydrogen-bond donors (Lipinski definition) is 3. The molecule has 1 heterocycles. The molecule has 8 nitrogen and oxygen atoms in total. The van der Waals surface area contributed by atoms with Gasteiger partial charge in [-0.1, -0.05) is 11.3 Å². The summed E-state index contributed by atoms with van der Waals surface area (Å²) in [6.45, 7) is 1.01. The summed E-state index contributed by atoms with van der Waals surface area (Å²) in [4.78, 5) is 31.9. The molecule has 19 heavy (non-hydrogen) atoms. The van der Waals surface area contributed by atoms with Crippen LogP contribution < -0.4 is 5.32 Å². The monoisotopic (exact) mass is 288 g/mol. The van der Waals surface area contributed by atoms with E-state index < -0.39 is 28.8 Å². The van der Waals surface area contributed by atoms with Crippen molar-refractivity contribution in [3.05, 3.63) is 27.1 Å². The van der Waals surface area contributed by atoms with Crippen LogP contribution in [0.3, 0.4) is 0 Å². The molecule has 0 saturated heterocycles. The van der Waals surface area contributed by atoms with Crippen LogP contribution in [0, 0.1) is 10.1 Å². The van der Waals surface area contributed by atoms with E-state index in [0.29, 0.717) is 0 Å². The van der Waals surface area contributed by atoms with E-state index in [1.54, 1.807) is 0 Å². The number of nitro groups is 1. The second-order valence-corrected chi connectivity index (χ2v) is 5.07. The Labute approximate surface area is 111 Å². The summed E-state index contributed by atoms with van der Waals surface area (Å²) < 4.78 is 0. The third-order valence-corrected chi connectivity index (χ3v) is 3.07. The Morgan fingerprint density at radius 3 is 2.68 bits per heavy atom. The highest BCUT2D eigenvalue weighted by Crippen LogP contribution is 2.22. The van der Waals surface area contributed by atoms with Crippen molar-refractivity contribution in [1.82, 2.24) is 5.32 Å². The number of aliphatic hydroxyl groups is 1. The van der Waals surface area contributed by atoms with E-state index in [-0.39, 0.29) is 17.1 Å². The first kappa shape index (κ1) is 15.1. The second-order valence-electron chi connectivity index (χ2n) is 4.18. The molecule has 0 aliphatic rings. The number of nitrogens with zero attached hydrogens (tertiary/aromatic N) is 1. The standard InChI is InChI=1S/C10H12N2O6S/c1-10(16,3-8(13)14)5-11-9(15)6-2-7(12(17)18)19-4-6/h2,4,16H,3,5H2,1H3,(H,11,15)(H,13,14). The van der Waals surface area contributed by atoms with Gasteiger partial charge in [0, 0.05) is 18.0 Å². The lowest BCUT2D eigenvalue weighted by Crippen LogP contribution is -2.42. The number of carboxylic acids is 1. The number of carbonyl (C=O) groups excluding carboxylic acids is 1. The van der Waals surface area contributed by atoms with Crippen LogP contribution in [-0.2, 0) is 4.79 Å². The molecule has 0 radical (unpaired) electrons. The van der Waals surface area contributed by atoms with E-state index in [2.05, 4.69) is 5.32 Å². The van der Waals surface area contributed by atoms with Crippen molar-refractivity contribution in [2.45, 2.75) is 18.9 Å². The number of carbonyl (C=O) groups is 2. The summed E-state index contributed by atoms with van der Waals surface area (Å²) in [5, 5.41) is 32.2. The fourth-order valence-electron chi connectivity index (χ4n) is 1.30. The van der Waals surface area contributed by atoms with Crippen molar-refractivity contribution in [3.63, 3.8) is 0 Å². The van der Waals surface area contributed by atoms with Crippen molar-refractivity contribution in [2.75, 3.05) is 6.54 Å². The fraction of sp³-hybridized carbons (Fsp3) is 0.400. The van der Waals surface area contributed by atoms with Crippen LogP contribution in [-0.4, -0.2) is 39.2 Å². The number of carboxylic acid groups (broad SMARTS) is 1. The summed E-state index contributed by atoms with van der Waals surface area (Å²) in [6.07, 6.45) is -0.517. The molecule has 1 atom stereocenters. The molecule has 1 aromatic heterocycles. The molecular weight excluding hydrogens is 276 g/mol. The average Bonchev–Trinajstić information content (AvgIpc) is 2.73. The molecule has 0 aliphatic heterocycles. The largest absolute Gasteiger partial charge is 0.481 e. The summed E-state index contributed by atoms with van der Waals surface area (Å²) >= 11 is 0.813. The number of rotatable bonds is 6. The molecule has 9 heteroatoms. The zero-order valence-electron chi connectivity index (χ0n) is 9.95. The molecule has 3 N–H and O–H groups in total. The van der Waals surface area contributed by atoms with Crippen molar-refractivity contribution in [3.8, 4) is 0 Å². The molecule has 0 fully saturated rings. The van der Waals surface area contributed by atoms with E-state index >= 15 is 0 Å². The normalized spacial score (nSPS) is 13.6. The smallest absolute Gasteiger partial charge is 0.324 e. The zero-order valence-corrected chi connectivity index (χ0v) is 10.8. The minimum Gasteiger partial charge on any atom is -0.481 e. The summed E-state index contributed by atoms with van der Waals surface area (Å²) in [5.41, 5.74) is -1.48. The zero-order chi connectivity index (χ0) is 14.6. The molecule has 1 rings (SSSR count). The quantitative estimate of drug-likeness (QED) is 0.519. The minimum absolute atomic E-state index is 0.0998. The molecule has 104 valence electrons. The van der Waals surface area contributed by atoms with Gasteiger partial charge in [-0.25, -0.2) is 0 Å². The number of thiophene rings is 1. The van der Waals surface area contributed by atoms with E-state index in [1.807, 2.05) is 0 Å². The lowest BCUT2D eigenvalue weighted by Gasteiger charge is -2.21. The van der Waals surface area contributed by atoms with Gasteiger partial charge in [-0.2, -0.15) is 0 Å². The highest BCUT2D eigenvalue weighted by molar-refractivity contribution is 7.13. The first-order valence-corrected chi connectivity index (χ1v) is 6.04. The molecule has 1 amide bonds. The van der Waals surface area contributed by atoms with Gasteiger partial charge >= 0.3 is 11.0 Å². The number of nitrogens with one attached hydrogen (secondary N) is 1. The van der Waals surface area contributed by atoms with Gasteiger partial charge in [-0.05, 0) is 6.92 Å². The molecule has 0 bridgehead atoms. The third-order valence-electron chi connectivity index (χ3n) is 2.19. The SMILES string of the molecule is CC(O)(CNC(=O)c1csc([N+](=O)[O-])c1)CC(=O)O. The summed E-state index contributed by atoms with van der Waals surface area (Å²) in [5.74, 6) is -1.79. The van der Waals surface area contributed by atoms with E-state index in [1.165, 1.54) is 12.3 Å². The minimum atomic E-state index is -1.58. The van der Waals surface area contributed by atoms with Gasteiger partial charge in [0.25, 0.3) is 5.91 Å². The highest BCUT2D eigenvalue weighted by Gasteiger charge is 2.25. The Bertz CT molecular complexity index is 510. The highest BCUT2D eigenvalue weighted by atomic mass is 32.1. The summed E-state index contributed by atoms with van der Waals surface area (Å²) in [6, 6.07) is 1.12. The lowest BCUT2D eigenvalue weighted by atomic mass is 10.0. The van der Waals surface area contributed by atoms with Crippen LogP contribution in [0.2, 0.25) is 0 Å². The van der Waals surface area contributed by atoms with E-state index in [4.69, 9.17) is 5.11 Å². The van der Waals surface area contributed by atoms with Crippen molar-refractivity contribution >= 4 is 28.2 Å². The molecular formula is C10H12N2O6S. The maximum absolute atomic E-state index is 11.6. The molecule has 0 aliphatic carbocycles. The lowest BCUT2D eigenvalue weighted by molar-refractivity contribution is -0.380. The van der Waals surface area contributed by atoms with Gasteiger partial charge in [0.1, 0.15) is 0 Å². The van der Waals surface area contributed by atoms with Gasteiger partial charge in [0.15, 0.2) is 0 Å². The second kappa shape index (κ2) is 5.76. The third kappa shape index (κ3) is 4.64. The Morgan fingerprint density at radius 2 is 2.21 bits per heavy atom. The van der Waals surface area contributed by atoms with Gasteiger partial charge in [-0.15, -0.1) is 0 Å². The molecule has 0 spiro atoms. The van der Waals surface area contributed by atoms with E-state index in [0.717, 1.165) is 17.4 Å². The molecule has 0 saturated carbocycles. The predicted molar refractivity (Wildman–Crippen MR) is 66.2 cm³/mol. The molecule has 1 unspecified atom stereocenters. The van der Waals surface area contributed by atoms with E-state index in [9.17, 15) is 24.8 Å². The number of amides is 1. The maximum Gasteiger partial charge on any atom is 0.324 e. The van der Waals surface area contributed by atoms with Crippen molar-refractivity contribution in [1.29, 1.82) is 0 Å². The van der Waals surface area contributed by atoms with Crippen molar-refractivity contribution in [2.24, 2.45) is 0 Å². The van der Waals surface area contributed by atoms with Crippen LogP contribution in [0.4, 0.5) is 5.00 Å². The Kier molecular flexibility index (Phi) is 4.57. The van der Waals surface area contributed by atoms with Crippen LogP contribution in [0.1, 0.15) is 23.7 Å². The van der Waals surface area contributed by atoms with Gasteiger partial charge in [-0.3, -0.25) is 19.7 Å². The van der Waals surface area contributed by atoms with Gasteiger partial charge in [0.2, 0.25) is 0 Å². The Morgan fingerprint density at radius 1 is 1.58 bits per heavy atom. The topological polar surface area (TPSA) is 130 Å². The van der Waals surface area contributed by atoms with Crippen LogP contribution in [0.5, 0.6) is 0 Å².